The largest absolute Gasteiger partial charge is 0.398 e. The molecule has 1 spiro atoms. The van der Waals surface area contributed by atoms with Gasteiger partial charge in [-0.15, -0.1) is 0 Å². The zero-order valence-electron chi connectivity index (χ0n) is 11.4. The van der Waals surface area contributed by atoms with E-state index >= 15 is 0 Å². The molecule has 2 saturated heterocycles. The molecule has 0 radical (unpaired) electrons. The quantitative estimate of drug-likeness (QED) is 0.821. The summed E-state index contributed by atoms with van der Waals surface area (Å²) in [4.78, 5) is -0.472. The Kier molecular flexibility index (Phi) is 3.64. The van der Waals surface area contributed by atoms with Gasteiger partial charge in [0, 0.05) is 13.0 Å². The van der Waals surface area contributed by atoms with Crippen LogP contribution in [0.2, 0.25) is 0 Å². The van der Waals surface area contributed by atoms with E-state index in [4.69, 9.17) is 15.2 Å². The normalized spacial score (nSPS) is 22.7. The molecule has 0 unspecified atom stereocenters. The first-order chi connectivity index (χ1) is 9.95. The molecule has 2 heterocycles. The van der Waals surface area contributed by atoms with Crippen molar-refractivity contribution in [1.29, 1.82) is 0 Å². The second-order valence-corrected chi connectivity index (χ2v) is 7.08. The zero-order valence-corrected chi connectivity index (χ0v) is 12.2. The average Bonchev–Trinajstić information content (AvgIpc) is 2.86. The van der Waals surface area contributed by atoms with Crippen LogP contribution in [0.4, 0.5) is 10.1 Å². The van der Waals surface area contributed by atoms with Gasteiger partial charge in [-0.05, 0) is 18.6 Å². The maximum Gasteiger partial charge on any atom is 0.248 e. The topological polar surface area (TPSA) is 81.9 Å². The molecule has 0 atom stereocenters. The van der Waals surface area contributed by atoms with Crippen LogP contribution in [0.1, 0.15) is 12.8 Å². The minimum atomic E-state index is -4.01. The number of benzene rings is 1. The second-order valence-electron chi connectivity index (χ2n) is 5.21. The van der Waals surface area contributed by atoms with Gasteiger partial charge in [-0.25, -0.2) is 12.8 Å². The van der Waals surface area contributed by atoms with Crippen molar-refractivity contribution in [2.75, 3.05) is 32.0 Å². The monoisotopic (exact) mass is 316 g/mol. The third-order valence-corrected chi connectivity index (χ3v) is 5.73. The van der Waals surface area contributed by atoms with Gasteiger partial charge in [-0.3, -0.25) is 0 Å². The predicted molar refractivity (Wildman–Crippen MR) is 73.4 cm³/mol. The number of nitrogens with zero attached hydrogens (tertiary/aromatic N) is 1. The molecule has 2 fully saturated rings. The maximum atomic E-state index is 13.9. The molecule has 2 aliphatic rings. The molecule has 6 nitrogen and oxygen atoms in total. The number of nitrogen functional groups attached to an aromatic ring is 1. The number of anilines is 1. The Bertz CT molecular complexity index is 623. The lowest BCUT2D eigenvalue weighted by atomic mass is 10.1. The molecule has 116 valence electrons. The predicted octanol–water partition coefficient (Wildman–Crippen LogP) is 0.935. The van der Waals surface area contributed by atoms with Crippen LogP contribution < -0.4 is 5.73 Å². The van der Waals surface area contributed by atoms with Crippen molar-refractivity contribution in [3.05, 3.63) is 24.0 Å². The van der Waals surface area contributed by atoms with Crippen molar-refractivity contribution in [2.24, 2.45) is 0 Å². The van der Waals surface area contributed by atoms with E-state index in [9.17, 15) is 12.8 Å². The Morgan fingerprint density at radius 2 is 2.00 bits per heavy atom. The Hall–Kier alpha value is -1.22. The van der Waals surface area contributed by atoms with E-state index < -0.39 is 26.5 Å². The van der Waals surface area contributed by atoms with Gasteiger partial charge in [-0.2, -0.15) is 4.31 Å². The van der Waals surface area contributed by atoms with Crippen molar-refractivity contribution in [2.45, 2.75) is 23.5 Å². The van der Waals surface area contributed by atoms with Gasteiger partial charge in [-0.1, -0.05) is 6.07 Å². The standard InChI is InChI=1S/C13H17FN2O4S/c14-10-3-1-4-11(15)12(10)21(17,18)16-6-2-5-13(9-16)19-7-8-20-13/h1,3-4H,2,5-9,15H2. The highest BCUT2D eigenvalue weighted by molar-refractivity contribution is 7.89. The lowest BCUT2D eigenvalue weighted by molar-refractivity contribution is -0.179. The van der Waals surface area contributed by atoms with Crippen LogP contribution in [0, 0.1) is 5.82 Å². The van der Waals surface area contributed by atoms with E-state index in [2.05, 4.69) is 0 Å². The summed E-state index contributed by atoms with van der Waals surface area (Å²) in [5.74, 6) is -1.74. The molecule has 1 aromatic carbocycles. The van der Waals surface area contributed by atoms with Crippen LogP contribution in [0.3, 0.4) is 0 Å². The molecule has 8 heteroatoms. The third kappa shape index (κ3) is 2.52. The van der Waals surface area contributed by atoms with Crippen molar-refractivity contribution in [3.63, 3.8) is 0 Å². The smallest absolute Gasteiger partial charge is 0.248 e. The Balaban J connectivity index is 1.95. The molecule has 0 aliphatic carbocycles. The van der Waals surface area contributed by atoms with E-state index in [1.165, 1.54) is 16.4 Å². The SMILES string of the molecule is Nc1cccc(F)c1S(=O)(=O)N1CCCC2(C1)OCCO2. The van der Waals surface area contributed by atoms with Gasteiger partial charge in [0.1, 0.15) is 10.7 Å². The first kappa shape index (κ1) is 14.7. The minimum absolute atomic E-state index is 0.0586. The van der Waals surface area contributed by atoms with Gasteiger partial charge in [0.15, 0.2) is 5.79 Å². The van der Waals surface area contributed by atoms with Gasteiger partial charge in [0.2, 0.25) is 10.0 Å². The molecular formula is C13H17FN2O4S. The zero-order chi connectivity index (χ0) is 15.1. The van der Waals surface area contributed by atoms with Gasteiger partial charge in [0.05, 0.1) is 25.4 Å². The summed E-state index contributed by atoms with van der Waals surface area (Å²) in [6, 6.07) is 3.84. The number of hydrogen-bond donors (Lipinski definition) is 1. The maximum absolute atomic E-state index is 13.9. The van der Waals surface area contributed by atoms with E-state index in [1.54, 1.807) is 0 Å². The molecule has 2 N–H and O–H groups in total. The highest BCUT2D eigenvalue weighted by atomic mass is 32.2. The van der Waals surface area contributed by atoms with Crippen molar-refractivity contribution in [3.8, 4) is 0 Å². The molecule has 0 bridgehead atoms. The van der Waals surface area contributed by atoms with Crippen molar-refractivity contribution >= 4 is 15.7 Å². The third-order valence-electron chi connectivity index (χ3n) is 3.79. The summed E-state index contributed by atoms with van der Waals surface area (Å²) < 4.78 is 51.5. The van der Waals surface area contributed by atoms with Gasteiger partial charge < -0.3 is 15.2 Å². The lowest BCUT2D eigenvalue weighted by Crippen LogP contribution is -2.51. The van der Waals surface area contributed by atoms with Gasteiger partial charge in [0.25, 0.3) is 0 Å². The van der Waals surface area contributed by atoms with E-state index in [1.807, 2.05) is 0 Å². The first-order valence-corrected chi connectivity index (χ1v) is 8.21. The molecule has 1 aromatic rings. The number of nitrogens with two attached hydrogens (primary N) is 1. The van der Waals surface area contributed by atoms with Gasteiger partial charge >= 0.3 is 0 Å². The molecule has 0 aromatic heterocycles. The summed E-state index contributed by atoms with van der Waals surface area (Å²) in [6.07, 6.45) is 1.22. The van der Waals surface area contributed by atoms with Crippen LogP contribution in [0.5, 0.6) is 0 Å². The highest BCUT2D eigenvalue weighted by Crippen LogP contribution is 2.34. The summed E-state index contributed by atoms with van der Waals surface area (Å²) in [7, 11) is -4.01. The average molecular weight is 316 g/mol. The lowest BCUT2D eigenvalue weighted by Gasteiger charge is -2.37. The Morgan fingerprint density at radius 1 is 1.29 bits per heavy atom. The van der Waals surface area contributed by atoms with Crippen LogP contribution >= 0.6 is 0 Å². The first-order valence-electron chi connectivity index (χ1n) is 6.77. The van der Waals surface area contributed by atoms with Crippen LogP contribution in [-0.4, -0.2) is 44.8 Å². The van der Waals surface area contributed by atoms with E-state index in [-0.39, 0.29) is 12.2 Å². The van der Waals surface area contributed by atoms with Crippen LogP contribution in [0.25, 0.3) is 0 Å². The number of ether oxygens (including phenoxy) is 2. The number of sulfonamides is 1. The summed E-state index contributed by atoms with van der Waals surface area (Å²) in [5, 5.41) is 0. The molecule has 21 heavy (non-hydrogen) atoms. The summed E-state index contributed by atoms with van der Waals surface area (Å²) >= 11 is 0. The van der Waals surface area contributed by atoms with Crippen molar-refractivity contribution < 1.29 is 22.3 Å². The summed E-state index contributed by atoms with van der Waals surface area (Å²) in [6.45, 7) is 1.24. The molecule has 0 saturated carbocycles. The fraction of sp³-hybridized carbons (Fsp3) is 0.538. The van der Waals surface area contributed by atoms with E-state index in [0.717, 1.165) is 6.07 Å². The minimum Gasteiger partial charge on any atom is -0.398 e. The van der Waals surface area contributed by atoms with Crippen molar-refractivity contribution in [1.82, 2.24) is 4.31 Å². The van der Waals surface area contributed by atoms with E-state index in [0.29, 0.717) is 32.6 Å². The van der Waals surface area contributed by atoms with Crippen LogP contribution in [-0.2, 0) is 19.5 Å². The number of hydrogen-bond acceptors (Lipinski definition) is 5. The number of rotatable bonds is 2. The molecule has 2 aliphatic heterocycles. The summed E-state index contributed by atoms with van der Waals surface area (Å²) in [5.41, 5.74) is 5.56. The fourth-order valence-electron chi connectivity index (χ4n) is 2.82. The Morgan fingerprint density at radius 3 is 2.67 bits per heavy atom. The molecule has 3 rings (SSSR count). The number of piperidine rings is 1. The fourth-order valence-corrected chi connectivity index (χ4v) is 4.49. The Labute approximate surface area is 122 Å². The molecular weight excluding hydrogens is 299 g/mol. The second kappa shape index (κ2) is 5.20. The highest BCUT2D eigenvalue weighted by Gasteiger charge is 2.45. The number of halogens is 1. The molecule has 0 amide bonds. The van der Waals surface area contributed by atoms with Crippen LogP contribution in [0.15, 0.2) is 23.1 Å².